The normalized spacial score (nSPS) is 11.7. The van der Waals surface area contributed by atoms with Gasteiger partial charge in [0.1, 0.15) is 17.3 Å². The molecular formula is C22H14F2N4O2S. The van der Waals surface area contributed by atoms with Crippen molar-refractivity contribution in [3.05, 3.63) is 78.1 Å². The molecule has 6 nitrogen and oxygen atoms in total. The molecule has 4 rings (SSSR count). The van der Waals surface area contributed by atoms with Crippen LogP contribution in [0.3, 0.4) is 0 Å². The smallest absolute Gasteiger partial charge is 0.238 e. The minimum atomic E-state index is -2.02. The van der Waals surface area contributed by atoms with Crippen LogP contribution in [0.2, 0.25) is 0 Å². The van der Waals surface area contributed by atoms with Gasteiger partial charge in [0.2, 0.25) is 5.88 Å². The van der Waals surface area contributed by atoms with Crippen molar-refractivity contribution in [1.29, 1.82) is 5.26 Å². The Morgan fingerprint density at radius 2 is 1.90 bits per heavy atom. The fraction of sp³-hybridized carbons (Fsp3) is 0.0455. The quantitative estimate of drug-likeness (QED) is 0.494. The standard InChI is InChI=1S/C22H14F2N4O2S/c1-30-22-20(28-31(29)21-5-3-16(23)10-18(21)24)9-15(12-27-22)13-2-4-19-17(8-13)14(11-25)6-7-26-19/h2-10,12,28H,1H3. The number of benzene rings is 2. The molecule has 0 saturated heterocycles. The Hall–Kier alpha value is -3.90. The van der Waals surface area contributed by atoms with Gasteiger partial charge >= 0.3 is 0 Å². The summed E-state index contributed by atoms with van der Waals surface area (Å²) in [7, 11) is -0.625. The van der Waals surface area contributed by atoms with Crippen molar-refractivity contribution in [3.63, 3.8) is 0 Å². The van der Waals surface area contributed by atoms with E-state index in [1.807, 2.05) is 12.1 Å². The molecule has 0 fully saturated rings. The Kier molecular flexibility index (Phi) is 5.56. The van der Waals surface area contributed by atoms with Gasteiger partial charge in [-0.15, -0.1) is 0 Å². The Morgan fingerprint density at radius 1 is 1.06 bits per heavy atom. The first-order valence-corrected chi connectivity index (χ1v) is 10.1. The molecule has 1 unspecified atom stereocenters. The van der Waals surface area contributed by atoms with Gasteiger partial charge in [-0.05, 0) is 42.0 Å². The van der Waals surface area contributed by atoms with Gasteiger partial charge in [0.05, 0.1) is 29.2 Å². The fourth-order valence-corrected chi connectivity index (χ4v) is 3.93. The van der Waals surface area contributed by atoms with Gasteiger partial charge < -0.3 is 4.74 Å². The molecule has 0 aliphatic heterocycles. The maximum atomic E-state index is 14.0. The molecule has 0 spiro atoms. The van der Waals surface area contributed by atoms with Crippen LogP contribution in [0, 0.1) is 23.0 Å². The minimum Gasteiger partial charge on any atom is -0.480 e. The molecule has 0 amide bonds. The van der Waals surface area contributed by atoms with Gasteiger partial charge in [0.25, 0.3) is 0 Å². The first-order chi connectivity index (χ1) is 15.0. The number of hydrogen-bond donors (Lipinski definition) is 1. The zero-order valence-corrected chi connectivity index (χ0v) is 16.9. The molecule has 0 saturated carbocycles. The Bertz CT molecular complexity index is 1370. The summed E-state index contributed by atoms with van der Waals surface area (Å²) in [6.45, 7) is 0. The number of ether oxygens (including phenoxy) is 1. The number of nitrogens with one attached hydrogen (secondary N) is 1. The summed E-state index contributed by atoms with van der Waals surface area (Å²) in [6.07, 6.45) is 3.14. The summed E-state index contributed by atoms with van der Waals surface area (Å²) >= 11 is 0. The Morgan fingerprint density at radius 3 is 2.65 bits per heavy atom. The third-order valence-electron chi connectivity index (χ3n) is 4.54. The molecule has 1 atom stereocenters. The first kappa shape index (κ1) is 20.4. The van der Waals surface area contributed by atoms with Crippen LogP contribution < -0.4 is 9.46 Å². The highest BCUT2D eigenvalue weighted by atomic mass is 32.2. The molecule has 0 bridgehead atoms. The van der Waals surface area contributed by atoms with Crippen LogP contribution in [-0.2, 0) is 11.0 Å². The van der Waals surface area contributed by atoms with E-state index in [-0.39, 0.29) is 16.5 Å². The number of aromatic nitrogens is 2. The molecule has 0 aliphatic carbocycles. The average Bonchev–Trinajstić information content (AvgIpc) is 2.78. The number of nitrogens with zero attached hydrogens (tertiary/aromatic N) is 3. The summed E-state index contributed by atoms with van der Waals surface area (Å²) in [5.41, 5.74) is 2.81. The summed E-state index contributed by atoms with van der Waals surface area (Å²) < 4.78 is 47.7. The van der Waals surface area contributed by atoms with Gasteiger partial charge in [-0.2, -0.15) is 5.26 Å². The fourth-order valence-electron chi connectivity index (χ4n) is 3.05. The maximum Gasteiger partial charge on any atom is 0.238 e. The monoisotopic (exact) mass is 436 g/mol. The second-order valence-electron chi connectivity index (χ2n) is 6.43. The summed E-state index contributed by atoms with van der Waals surface area (Å²) in [4.78, 5) is 8.28. The van der Waals surface area contributed by atoms with Gasteiger partial charge in [-0.1, -0.05) is 6.07 Å². The zero-order chi connectivity index (χ0) is 22.0. The number of methoxy groups -OCH3 is 1. The van der Waals surface area contributed by atoms with Gasteiger partial charge in [0.15, 0.2) is 11.0 Å². The van der Waals surface area contributed by atoms with Crippen LogP contribution in [0.1, 0.15) is 5.56 Å². The van der Waals surface area contributed by atoms with Gasteiger partial charge in [0, 0.05) is 29.4 Å². The van der Waals surface area contributed by atoms with Crippen molar-refractivity contribution in [3.8, 4) is 23.1 Å². The lowest BCUT2D eigenvalue weighted by atomic mass is 10.0. The molecule has 31 heavy (non-hydrogen) atoms. The number of anilines is 1. The summed E-state index contributed by atoms with van der Waals surface area (Å²) in [5, 5.41) is 10.0. The van der Waals surface area contributed by atoms with E-state index in [9.17, 15) is 18.3 Å². The van der Waals surface area contributed by atoms with Crippen molar-refractivity contribution in [2.45, 2.75) is 4.90 Å². The molecule has 4 aromatic rings. The van der Waals surface area contributed by atoms with E-state index >= 15 is 0 Å². The number of rotatable bonds is 5. The molecular weight excluding hydrogens is 422 g/mol. The lowest BCUT2D eigenvalue weighted by molar-refractivity contribution is 0.400. The highest BCUT2D eigenvalue weighted by Crippen LogP contribution is 2.31. The number of nitriles is 1. The highest BCUT2D eigenvalue weighted by Gasteiger charge is 2.15. The number of halogens is 2. The largest absolute Gasteiger partial charge is 0.480 e. The van der Waals surface area contributed by atoms with Crippen LogP contribution in [0.5, 0.6) is 5.88 Å². The Balaban J connectivity index is 1.73. The molecule has 9 heteroatoms. The van der Waals surface area contributed by atoms with Crippen LogP contribution in [0.25, 0.3) is 22.0 Å². The van der Waals surface area contributed by atoms with E-state index < -0.39 is 22.6 Å². The molecule has 0 aliphatic rings. The lowest BCUT2D eigenvalue weighted by Crippen LogP contribution is -2.09. The number of pyridine rings is 2. The van der Waals surface area contributed by atoms with Crippen LogP contribution in [0.15, 0.2) is 65.8 Å². The van der Waals surface area contributed by atoms with E-state index in [2.05, 4.69) is 20.8 Å². The van der Waals surface area contributed by atoms with E-state index in [1.54, 1.807) is 30.6 Å². The summed E-state index contributed by atoms with van der Waals surface area (Å²) in [5.74, 6) is -1.54. The molecule has 2 heterocycles. The second-order valence-corrected chi connectivity index (χ2v) is 7.61. The summed E-state index contributed by atoms with van der Waals surface area (Å²) in [6, 6.07) is 13.6. The molecule has 2 aromatic carbocycles. The van der Waals surface area contributed by atoms with E-state index in [0.29, 0.717) is 28.1 Å². The van der Waals surface area contributed by atoms with Crippen molar-refractivity contribution in [2.24, 2.45) is 0 Å². The van der Waals surface area contributed by atoms with Crippen LogP contribution >= 0.6 is 0 Å². The van der Waals surface area contributed by atoms with E-state index in [0.717, 1.165) is 17.7 Å². The van der Waals surface area contributed by atoms with Crippen molar-refractivity contribution in [1.82, 2.24) is 9.97 Å². The van der Waals surface area contributed by atoms with Crippen molar-refractivity contribution < 1.29 is 17.7 Å². The van der Waals surface area contributed by atoms with Gasteiger partial charge in [-0.25, -0.2) is 18.0 Å². The van der Waals surface area contributed by atoms with Gasteiger partial charge in [-0.3, -0.25) is 9.71 Å². The lowest BCUT2D eigenvalue weighted by Gasteiger charge is -2.12. The topological polar surface area (TPSA) is 87.9 Å². The molecule has 1 N–H and O–H groups in total. The highest BCUT2D eigenvalue weighted by molar-refractivity contribution is 7.86. The zero-order valence-electron chi connectivity index (χ0n) is 16.1. The average molecular weight is 436 g/mol. The van der Waals surface area contributed by atoms with E-state index in [4.69, 9.17) is 4.74 Å². The third kappa shape index (κ3) is 4.06. The Labute approximate surface area is 178 Å². The van der Waals surface area contributed by atoms with Crippen LogP contribution in [0.4, 0.5) is 14.5 Å². The second kappa shape index (κ2) is 8.45. The number of fused-ring (bicyclic) bond motifs is 1. The molecule has 154 valence electrons. The molecule has 2 aromatic heterocycles. The first-order valence-electron chi connectivity index (χ1n) is 8.97. The molecule has 0 radical (unpaired) electrons. The number of hydrogen-bond acceptors (Lipinski definition) is 5. The third-order valence-corrected chi connectivity index (χ3v) is 5.67. The van der Waals surface area contributed by atoms with E-state index in [1.165, 1.54) is 7.11 Å². The SMILES string of the molecule is COc1ncc(-c2ccc3nccc(C#N)c3c2)cc1NS(=O)c1ccc(F)cc1F. The minimum absolute atomic E-state index is 0.153. The predicted molar refractivity (Wildman–Crippen MR) is 113 cm³/mol. The van der Waals surface area contributed by atoms with Crippen molar-refractivity contribution >= 4 is 27.6 Å². The van der Waals surface area contributed by atoms with Crippen LogP contribution in [-0.4, -0.2) is 21.3 Å². The predicted octanol–water partition coefficient (Wildman–Crippen LogP) is 4.59. The van der Waals surface area contributed by atoms with Crippen molar-refractivity contribution in [2.75, 3.05) is 11.8 Å². The maximum absolute atomic E-state index is 14.0.